The molecule has 19 heavy (non-hydrogen) atoms. The predicted octanol–water partition coefficient (Wildman–Crippen LogP) is 2.82. The van der Waals surface area contributed by atoms with Crippen LogP contribution in [0.2, 0.25) is 0 Å². The Balaban J connectivity index is 1.71. The minimum absolute atomic E-state index is 0.622. The monoisotopic (exact) mass is 253 g/mol. The molecule has 0 aliphatic heterocycles. The van der Waals surface area contributed by atoms with Crippen molar-refractivity contribution in [2.75, 3.05) is 0 Å². The van der Waals surface area contributed by atoms with E-state index in [0.717, 1.165) is 17.7 Å². The summed E-state index contributed by atoms with van der Waals surface area (Å²) in [5.41, 5.74) is 1.18. The molecule has 1 aromatic carbocycles. The SMILES string of the molecule is Cc1cnc(CNCc2cncc3ccccc23)o1. The maximum absolute atomic E-state index is 5.42. The molecule has 0 saturated carbocycles. The van der Waals surface area contributed by atoms with E-state index in [1.807, 2.05) is 31.5 Å². The maximum atomic E-state index is 5.42. The van der Waals surface area contributed by atoms with Crippen LogP contribution in [0, 0.1) is 6.92 Å². The third-order valence-electron chi connectivity index (χ3n) is 3.01. The molecule has 96 valence electrons. The number of benzene rings is 1. The van der Waals surface area contributed by atoms with Gasteiger partial charge in [0.15, 0.2) is 0 Å². The van der Waals surface area contributed by atoms with Crippen LogP contribution in [-0.4, -0.2) is 9.97 Å². The summed E-state index contributed by atoms with van der Waals surface area (Å²) in [5.74, 6) is 1.55. The summed E-state index contributed by atoms with van der Waals surface area (Å²) in [6.07, 6.45) is 5.52. The second-order valence-electron chi connectivity index (χ2n) is 4.49. The van der Waals surface area contributed by atoms with E-state index in [1.54, 1.807) is 6.20 Å². The predicted molar refractivity (Wildman–Crippen MR) is 73.5 cm³/mol. The summed E-state index contributed by atoms with van der Waals surface area (Å²) < 4.78 is 5.42. The number of fused-ring (bicyclic) bond motifs is 1. The van der Waals surface area contributed by atoms with Crippen molar-refractivity contribution in [3.63, 3.8) is 0 Å². The highest BCUT2D eigenvalue weighted by molar-refractivity contribution is 5.84. The van der Waals surface area contributed by atoms with Gasteiger partial charge in [-0.1, -0.05) is 24.3 Å². The molecule has 0 fully saturated rings. The number of nitrogens with one attached hydrogen (secondary N) is 1. The first-order chi connectivity index (χ1) is 9.33. The van der Waals surface area contributed by atoms with Gasteiger partial charge in [0.2, 0.25) is 5.89 Å². The third-order valence-corrected chi connectivity index (χ3v) is 3.01. The lowest BCUT2D eigenvalue weighted by atomic mass is 10.1. The molecule has 1 N–H and O–H groups in total. The van der Waals surface area contributed by atoms with Crippen LogP contribution in [0.5, 0.6) is 0 Å². The van der Waals surface area contributed by atoms with Gasteiger partial charge in [-0.3, -0.25) is 4.98 Å². The Hall–Kier alpha value is -2.20. The molecular weight excluding hydrogens is 238 g/mol. The van der Waals surface area contributed by atoms with Gasteiger partial charge in [0.25, 0.3) is 0 Å². The van der Waals surface area contributed by atoms with Crippen molar-refractivity contribution in [2.24, 2.45) is 0 Å². The van der Waals surface area contributed by atoms with Gasteiger partial charge in [0.1, 0.15) is 5.76 Å². The lowest BCUT2D eigenvalue weighted by Crippen LogP contribution is -2.13. The Labute approximate surface area is 111 Å². The zero-order chi connectivity index (χ0) is 13.1. The molecule has 3 rings (SSSR count). The van der Waals surface area contributed by atoms with Crippen molar-refractivity contribution < 1.29 is 4.42 Å². The summed E-state index contributed by atoms with van der Waals surface area (Å²) in [5, 5.41) is 5.72. The van der Waals surface area contributed by atoms with Crippen LogP contribution in [0.25, 0.3) is 10.8 Å². The molecule has 4 heteroatoms. The second-order valence-corrected chi connectivity index (χ2v) is 4.49. The molecule has 0 amide bonds. The van der Waals surface area contributed by atoms with E-state index in [2.05, 4.69) is 27.4 Å². The summed E-state index contributed by atoms with van der Waals surface area (Å²) in [6, 6.07) is 8.26. The van der Waals surface area contributed by atoms with Crippen molar-refractivity contribution in [2.45, 2.75) is 20.0 Å². The third kappa shape index (κ3) is 2.63. The summed E-state index contributed by atoms with van der Waals surface area (Å²) in [4.78, 5) is 8.43. The molecule has 0 aliphatic carbocycles. The van der Waals surface area contributed by atoms with E-state index in [0.29, 0.717) is 12.4 Å². The van der Waals surface area contributed by atoms with Gasteiger partial charge in [-0.2, -0.15) is 0 Å². The average Bonchev–Trinajstić information content (AvgIpc) is 2.85. The van der Waals surface area contributed by atoms with Crippen molar-refractivity contribution in [1.82, 2.24) is 15.3 Å². The van der Waals surface area contributed by atoms with Crippen LogP contribution in [0.3, 0.4) is 0 Å². The number of aryl methyl sites for hydroxylation is 1. The number of aromatic nitrogens is 2. The first-order valence-electron chi connectivity index (χ1n) is 6.26. The average molecular weight is 253 g/mol. The standard InChI is InChI=1S/C15H15N3O/c1-11-6-18-15(19-11)10-17-9-13-8-16-7-12-4-2-3-5-14(12)13/h2-8,17H,9-10H2,1H3. The fourth-order valence-corrected chi connectivity index (χ4v) is 2.11. The molecule has 4 nitrogen and oxygen atoms in total. The Kier molecular flexibility index (Phi) is 3.25. The number of pyridine rings is 1. The molecule has 0 saturated heterocycles. The van der Waals surface area contributed by atoms with Gasteiger partial charge in [-0.15, -0.1) is 0 Å². The van der Waals surface area contributed by atoms with Crippen LogP contribution in [0.15, 0.2) is 47.3 Å². The van der Waals surface area contributed by atoms with E-state index in [1.165, 1.54) is 10.9 Å². The fraction of sp³-hybridized carbons (Fsp3) is 0.200. The Morgan fingerprint density at radius 3 is 2.84 bits per heavy atom. The smallest absolute Gasteiger partial charge is 0.208 e. The number of hydrogen-bond donors (Lipinski definition) is 1. The molecule has 0 atom stereocenters. The first-order valence-corrected chi connectivity index (χ1v) is 6.26. The van der Waals surface area contributed by atoms with Crippen LogP contribution < -0.4 is 5.32 Å². The van der Waals surface area contributed by atoms with Gasteiger partial charge >= 0.3 is 0 Å². The van der Waals surface area contributed by atoms with E-state index >= 15 is 0 Å². The molecule has 2 heterocycles. The minimum Gasteiger partial charge on any atom is -0.445 e. The normalized spacial score (nSPS) is 11.0. The fourth-order valence-electron chi connectivity index (χ4n) is 2.11. The molecule has 0 spiro atoms. The molecular formula is C15H15N3O. The Bertz CT molecular complexity index is 685. The van der Waals surface area contributed by atoms with Crippen molar-refractivity contribution in [1.29, 1.82) is 0 Å². The van der Waals surface area contributed by atoms with E-state index in [4.69, 9.17) is 4.42 Å². The molecule has 2 aromatic heterocycles. The summed E-state index contributed by atoms with van der Waals surface area (Å²) in [7, 11) is 0. The number of nitrogens with zero attached hydrogens (tertiary/aromatic N) is 2. The van der Waals surface area contributed by atoms with E-state index < -0.39 is 0 Å². The van der Waals surface area contributed by atoms with Crippen LogP contribution in [0.1, 0.15) is 17.2 Å². The molecule has 0 unspecified atom stereocenters. The molecule has 0 aliphatic rings. The van der Waals surface area contributed by atoms with Crippen LogP contribution >= 0.6 is 0 Å². The summed E-state index contributed by atoms with van der Waals surface area (Å²) in [6.45, 7) is 3.26. The van der Waals surface area contributed by atoms with Crippen molar-refractivity contribution in [3.8, 4) is 0 Å². The number of oxazole rings is 1. The zero-order valence-electron chi connectivity index (χ0n) is 10.8. The lowest BCUT2D eigenvalue weighted by Gasteiger charge is -2.06. The first kappa shape index (κ1) is 11.9. The summed E-state index contributed by atoms with van der Waals surface area (Å²) >= 11 is 0. The van der Waals surface area contributed by atoms with Gasteiger partial charge in [-0.05, 0) is 17.9 Å². The van der Waals surface area contributed by atoms with Crippen molar-refractivity contribution >= 4 is 10.8 Å². The van der Waals surface area contributed by atoms with Gasteiger partial charge < -0.3 is 9.73 Å². The van der Waals surface area contributed by atoms with Gasteiger partial charge in [0, 0.05) is 24.3 Å². The highest BCUT2D eigenvalue weighted by Gasteiger charge is 2.03. The van der Waals surface area contributed by atoms with Gasteiger partial charge in [0.05, 0.1) is 12.7 Å². The van der Waals surface area contributed by atoms with Gasteiger partial charge in [-0.25, -0.2) is 4.98 Å². The van der Waals surface area contributed by atoms with Crippen LogP contribution in [-0.2, 0) is 13.1 Å². The van der Waals surface area contributed by atoms with Crippen molar-refractivity contribution in [3.05, 3.63) is 60.1 Å². The van der Waals surface area contributed by atoms with Crippen LogP contribution in [0.4, 0.5) is 0 Å². The Morgan fingerprint density at radius 2 is 2.00 bits per heavy atom. The van der Waals surface area contributed by atoms with E-state index in [9.17, 15) is 0 Å². The quantitative estimate of drug-likeness (QED) is 0.776. The number of rotatable bonds is 4. The topological polar surface area (TPSA) is 51.0 Å². The van der Waals surface area contributed by atoms with E-state index in [-0.39, 0.29) is 0 Å². The highest BCUT2D eigenvalue weighted by atomic mass is 16.4. The molecule has 0 bridgehead atoms. The molecule has 0 radical (unpaired) electrons. The number of hydrogen-bond acceptors (Lipinski definition) is 4. The largest absolute Gasteiger partial charge is 0.445 e. The second kappa shape index (κ2) is 5.20. The lowest BCUT2D eigenvalue weighted by molar-refractivity contribution is 0.449. The Morgan fingerprint density at radius 1 is 1.11 bits per heavy atom. The molecule has 3 aromatic rings. The zero-order valence-corrected chi connectivity index (χ0v) is 10.8. The maximum Gasteiger partial charge on any atom is 0.208 e. The minimum atomic E-state index is 0.622. The highest BCUT2D eigenvalue weighted by Crippen LogP contribution is 2.16.